The molecule has 0 unspecified atom stereocenters. The van der Waals surface area contributed by atoms with Gasteiger partial charge < -0.3 is 5.73 Å². The second-order valence-corrected chi connectivity index (χ2v) is 3.53. The quantitative estimate of drug-likeness (QED) is 0.792. The molecule has 18 heavy (non-hydrogen) atoms. The Hall–Kier alpha value is -2.49. The van der Waals surface area contributed by atoms with Crippen LogP contribution in [0.5, 0.6) is 0 Å². The number of hydrogen-bond donors (Lipinski definition) is 1. The van der Waals surface area contributed by atoms with Crippen molar-refractivity contribution in [1.29, 1.82) is 5.26 Å². The number of hydrogen-bond acceptors (Lipinski definition) is 3. The van der Waals surface area contributed by atoms with E-state index in [1.165, 1.54) is 24.4 Å². The van der Waals surface area contributed by atoms with Crippen molar-refractivity contribution in [2.45, 2.75) is 6.18 Å². The molecule has 2 rings (SSSR count). The monoisotopic (exact) mass is 252 g/mol. The van der Waals surface area contributed by atoms with Gasteiger partial charge in [0.25, 0.3) is 0 Å². The van der Waals surface area contributed by atoms with E-state index in [0.717, 1.165) is 10.7 Å². The summed E-state index contributed by atoms with van der Waals surface area (Å²) in [7, 11) is 0. The molecule has 0 saturated carbocycles. The minimum atomic E-state index is -4.49. The van der Waals surface area contributed by atoms with E-state index in [1.807, 2.05) is 6.07 Å². The van der Waals surface area contributed by atoms with Crippen molar-refractivity contribution in [3.63, 3.8) is 0 Å². The molecule has 0 atom stereocenters. The fourth-order valence-corrected chi connectivity index (χ4v) is 1.40. The van der Waals surface area contributed by atoms with Crippen LogP contribution in [0.4, 0.5) is 18.9 Å². The van der Waals surface area contributed by atoms with E-state index in [9.17, 15) is 13.2 Å². The zero-order valence-electron chi connectivity index (χ0n) is 8.94. The van der Waals surface area contributed by atoms with Crippen molar-refractivity contribution in [2.24, 2.45) is 0 Å². The van der Waals surface area contributed by atoms with Crippen molar-refractivity contribution in [1.82, 2.24) is 9.78 Å². The molecule has 0 aliphatic rings. The van der Waals surface area contributed by atoms with Gasteiger partial charge in [-0.25, -0.2) is 4.68 Å². The molecule has 0 spiro atoms. The molecule has 0 amide bonds. The standard InChI is InChI=1S/C11H7F3N4/c12-11(13,14)10-3-4-18(17-10)8-1-2-9(16)7(5-8)6-15/h1-5H,16H2. The lowest BCUT2D eigenvalue weighted by atomic mass is 10.2. The summed E-state index contributed by atoms with van der Waals surface area (Å²) in [6.45, 7) is 0. The van der Waals surface area contributed by atoms with E-state index in [2.05, 4.69) is 5.10 Å². The first kappa shape index (κ1) is 12.0. The molecule has 0 bridgehead atoms. The van der Waals surface area contributed by atoms with Crippen molar-refractivity contribution in [3.05, 3.63) is 41.7 Å². The predicted octanol–water partition coefficient (Wildman–Crippen LogP) is 2.34. The highest BCUT2D eigenvalue weighted by Gasteiger charge is 2.33. The minimum Gasteiger partial charge on any atom is -0.398 e. The first-order valence-corrected chi connectivity index (χ1v) is 4.84. The molecule has 0 fully saturated rings. The Bertz CT molecular complexity index is 622. The topological polar surface area (TPSA) is 67.6 Å². The molecule has 4 nitrogen and oxygen atoms in total. The lowest BCUT2D eigenvalue weighted by Gasteiger charge is -2.04. The molecule has 7 heteroatoms. The summed E-state index contributed by atoms with van der Waals surface area (Å²) in [6.07, 6.45) is -3.31. The average molecular weight is 252 g/mol. The summed E-state index contributed by atoms with van der Waals surface area (Å²) < 4.78 is 38.2. The van der Waals surface area contributed by atoms with E-state index in [0.29, 0.717) is 5.69 Å². The molecule has 0 aliphatic carbocycles. The van der Waals surface area contributed by atoms with Gasteiger partial charge in [-0.2, -0.15) is 23.5 Å². The summed E-state index contributed by atoms with van der Waals surface area (Å²) in [5.74, 6) is 0. The highest BCUT2D eigenvalue weighted by atomic mass is 19.4. The number of nitrogen functional groups attached to an aromatic ring is 1. The number of benzene rings is 1. The first-order chi connectivity index (χ1) is 8.41. The van der Waals surface area contributed by atoms with Crippen LogP contribution in [-0.4, -0.2) is 9.78 Å². The van der Waals surface area contributed by atoms with Crippen LogP contribution >= 0.6 is 0 Å². The van der Waals surface area contributed by atoms with Crippen molar-refractivity contribution >= 4 is 5.69 Å². The number of halogens is 3. The number of nitrogens with zero attached hydrogens (tertiary/aromatic N) is 3. The highest BCUT2D eigenvalue weighted by molar-refractivity contribution is 5.58. The van der Waals surface area contributed by atoms with E-state index < -0.39 is 11.9 Å². The SMILES string of the molecule is N#Cc1cc(-n2ccc(C(F)(F)F)n2)ccc1N. The Morgan fingerprint density at radius 2 is 2.00 bits per heavy atom. The molecule has 2 N–H and O–H groups in total. The third-order valence-electron chi connectivity index (χ3n) is 2.30. The zero-order valence-corrected chi connectivity index (χ0v) is 8.94. The highest BCUT2D eigenvalue weighted by Crippen LogP contribution is 2.28. The van der Waals surface area contributed by atoms with E-state index in [1.54, 1.807) is 0 Å². The Kier molecular flexibility index (Phi) is 2.71. The van der Waals surface area contributed by atoms with Crippen LogP contribution in [0.2, 0.25) is 0 Å². The molecule has 0 radical (unpaired) electrons. The van der Waals surface area contributed by atoms with Gasteiger partial charge in [0.05, 0.1) is 11.3 Å². The normalized spacial score (nSPS) is 11.2. The summed E-state index contributed by atoms with van der Waals surface area (Å²) in [5.41, 5.74) is 5.34. The molecule has 2 aromatic rings. The van der Waals surface area contributed by atoms with Crippen LogP contribution in [0.3, 0.4) is 0 Å². The summed E-state index contributed by atoms with van der Waals surface area (Å²) in [4.78, 5) is 0. The lowest BCUT2D eigenvalue weighted by Crippen LogP contribution is -2.07. The van der Waals surface area contributed by atoms with Gasteiger partial charge in [0, 0.05) is 11.9 Å². The van der Waals surface area contributed by atoms with Crippen LogP contribution in [-0.2, 0) is 6.18 Å². The summed E-state index contributed by atoms with van der Waals surface area (Å²) in [5, 5.41) is 12.2. The Morgan fingerprint density at radius 1 is 1.28 bits per heavy atom. The van der Waals surface area contributed by atoms with Gasteiger partial charge in [-0.1, -0.05) is 0 Å². The predicted molar refractivity (Wildman–Crippen MR) is 57.7 cm³/mol. The number of aromatic nitrogens is 2. The van der Waals surface area contributed by atoms with Crippen LogP contribution in [0, 0.1) is 11.3 Å². The third kappa shape index (κ3) is 2.13. The van der Waals surface area contributed by atoms with E-state index in [-0.39, 0.29) is 11.3 Å². The van der Waals surface area contributed by atoms with Gasteiger partial charge in [-0.3, -0.25) is 0 Å². The van der Waals surface area contributed by atoms with Gasteiger partial charge in [0.2, 0.25) is 0 Å². The van der Waals surface area contributed by atoms with Crippen LogP contribution in [0.15, 0.2) is 30.5 Å². The maximum absolute atomic E-state index is 12.4. The number of nitriles is 1. The number of anilines is 1. The Labute approximate surface area is 100 Å². The van der Waals surface area contributed by atoms with Gasteiger partial charge in [-0.05, 0) is 24.3 Å². The molecule has 1 aromatic carbocycles. The Balaban J connectivity index is 2.44. The van der Waals surface area contributed by atoms with Gasteiger partial charge in [0.1, 0.15) is 6.07 Å². The van der Waals surface area contributed by atoms with Crippen molar-refractivity contribution < 1.29 is 13.2 Å². The molecule has 92 valence electrons. The first-order valence-electron chi connectivity index (χ1n) is 4.84. The minimum absolute atomic E-state index is 0.191. The fraction of sp³-hybridized carbons (Fsp3) is 0.0909. The van der Waals surface area contributed by atoms with Gasteiger partial charge >= 0.3 is 6.18 Å². The fourth-order valence-electron chi connectivity index (χ4n) is 1.40. The third-order valence-corrected chi connectivity index (χ3v) is 2.30. The molecular weight excluding hydrogens is 245 g/mol. The van der Waals surface area contributed by atoms with Crippen molar-refractivity contribution in [3.8, 4) is 11.8 Å². The number of alkyl halides is 3. The van der Waals surface area contributed by atoms with E-state index in [4.69, 9.17) is 11.0 Å². The Morgan fingerprint density at radius 3 is 2.56 bits per heavy atom. The largest absolute Gasteiger partial charge is 0.435 e. The lowest BCUT2D eigenvalue weighted by molar-refractivity contribution is -0.141. The summed E-state index contributed by atoms with van der Waals surface area (Å²) >= 11 is 0. The maximum Gasteiger partial charge on any atom is 0.435 e. The average Bonchev–Trinajstić information content (AvgIpc) is 2.78. The molecule has 1 aromatic heterocycles. The van der Waals surface area contributed by atoms with Crippen molar-refractivity contribution in [2.75, 3.05) is 5.73 Å². The molecule has 0 saturated heterocycles. The number of rotatable bonds is 1. The molecule has 1 heterocycles. The van der Waals surface area contributed by atoms with Gasteiger partial charge in [-0.15, -0.1) is 0 Å². The second-order valence-electron chi connectivity index (χ2n) is 3.53. The number of nitrogens with two attached hydrogens (primary N) is 1. The van der Waals surface area contributed by atoms with Crippen LogP contribution in [0.1, 0.15) is 11.3 Å². The molecular formula is C11H7F3N4. The maximum atomic E-state index is 12.4. The smallest absolute Gasteiger partial charge is 0.398 e. The zero-order chi connectivity index (χ0) is 13.3. The van der Waals surface area contributed by atoms with Crippen LogP contribution in [0.25, 0.3) is 5.69 Å². The summed E-state index contributed by atoms with van der Waals surface area (Å²) in [6, 6.07) is 7.03. The van der Waals surface area contributed by atoms with Crippen LogP contribution < -0.4 is 5.73 Å². The van der Waals surface area contributed by atoms with E-state index >= 15 is 0 Å². The second kappa shape index (κ2) is 4.07. The molecule has 0 aliphatic heterocycles. The van der Waals surface area contributed by atoms with Gasteiger partial charge in [0.15, 0.2) is 5.69 Å².